The number of hydrogen-bond donors (Lipinski definition) is 3. The molecule has 4 aromatic rings. The summed E-state index contributed by atoms with van der Waals surface area (Å²) in [5, 5.41) is 11.6. The van der Waals surface area contributed by atoms with Crippen molar-refractivity contribution in [3.63, 3.8) is 0 Å². The molecule has 1 unspecified atom stereocenters. The molecule has 3 heterocycles. The summed E-state index contributed by atoms with van der Waals surface area (Å²) < 4.78 is 41.6. The number of nitrogens with one attached hydrogen (secondary N) is 2. The number of rotatable bonds is 7. The van der Waals surface area contributed by atoms with Gasteiger partial charge in [-0.15, -0.1) is 0 Å². The van der Waals surface area contributed by atoms with E-state index in [0.717, 1.165) is 18.8 Å². The van der Waals surface area contributed by atoms with E-state index < -0.39 is 22.8 Å². The molecule has 200 valence electrons. The zero-order valence-corrected chi connectivity index (χ0v) is 22.0. The van der Waals surface area contributed by atoms with E-state index in [1.165, 1.54) is 10.7 Å². The summed E-state index contributed by atoms with van der Waals surface area (Å²) in [5.74, 6) is -1.12. The highest BCUT2D eigenvalue weighted by Gasteiger charge is 2.25. The van der Waals surface area contributed by atoms with Crippen LogP contribution in [0, 0.1) is 5.82 Å². The normalized spacial score (nSPS) is 18.6. The molecule has 5 rings (SSSR count). The van der Waals surface area contributed by atoms with E-state index in [0.29, 0.717) is 16.3 Å². The second-order valence-corrected chi connectivity index (χ2v) is 10.5. The number of amides is 1. The summed E-state index contributed by atoms with van der Waals surface area (Å²) in [5.41, 5.74) is 1.99. The number of benzene rings is 2. The third-order valence-corrected chi connectivity index (χ3v) is 6.79. The topological polar surface area (TPSA) is 134 Å². The van der Waals surface area contributed by atoms with Crippen LogP contribution in [0.25, 0.3) is 21.8 Å². The molecule has 0 spiro atoms. The molecule has 13 heteroatoms. The highest BCUT2D eigenvalue weighted by molar-refractivity contribution is 7.79. The third-order valence-electron chi connectivity index (χ3n) is 6.27. The summed E-state index contributed by atoms with van der Waals surface area (Å²) in [6.07, 6.45) is 3.27. The van der Waals surface area contributed by atoms with E-state index in [2.05, 4.69) is 44.4 Å². The molecule has 2 aromatic carbocycles. The third kappa shape index (κ3) is 5.44. The maximum Gasteiger partial charge on any atom is 0.316 e. The number of nitrogens with zero attached hydrogens (tertiary/aromatic N) is 5. The van der Waals surface area contributed by atoms with Crippen LogP contribution in [0.15, 0.2) is 36.7 Å². The van der Waals surface area contributed by atoms with Crippen molar-refractivity contribution in [2.45, 2.75) is 25.9 Å². The van der Waals surface area contributed by atoms with Crippen LogP contribution in [0.1, 0.15) is 24.2 Å². The zero-order valence-electron chi connectivity index (χ0n) is 21.1. The Kier molecular flexibility index (Phi) is 7.23. The number of fused-ring (bicyclic) bond motifs is 2. The summed E-state index contributed by atoms with van der Waals surface area (Å²) in [6.45, 7) is 5.68. The number of ether oxygens (including phenoxy) is 1. The molecule has 2 aromatic heterocycles. The minimum absolute atomic E-state index is 0.0148. The van der Waals surface area contributed by atoms with Crippen molar-refractivity contribution in [1.82, 2.24) is 25.1 Å². The maximum absolute atomic E-state index is 14.6. The van der Waals surface area contributed by atoms with Crippen LogP contribution >= 0.6 is 0 Å². The molecule has 0 saturated carbocycles. The number of carbonyl (C=O) groups is 1. The van der Waals surface area contributed by atoms with Gasteiger partial charge in [0.2, 0.25) is 0 Å². The largest absolute Gasteiger partial charge is 0.462 e. The molecule has 0 bridgehead atoms. The Bertz CT molecular complexity index is 1540. The van der Waals surface area contributed by atoms with E-state index in [4.69, 9.17) is 9.29 Å². The lowest BCUT2D eigenvalue weighted by Gasteiger charge is -2.38. The summed E-state index contributed by atoms with van der Waals surface area (Å²) in [6, 6.07) is 6.94. The molecule has 1 amide bonds. The molecule has 1 saturated heterocycles. The van der Waals surface area contributed by atoms with Crippen LogP contribution < -0.4 is 20.3 Å². The van der Waals surface area contributed by atoms with E-state index in [9.17, 15) is 13.4 Å². The molecule has 1 aliphatic rings. The van der Waals surface area contributed by atoms with Gasteiger partial charge in [-0.3, -0.25) is 9.48 Å². The first-order chi connectivity index (χ1) is 18.2. The fourth-order valence-electron chi connectivity index (χ4n) is 4.83. The summed E-state index contributed by atoms with van der Waals surface area (Å²) in [7, 11) is 1.70. The molecular weight excluding hydrogens is 513 g/mol. The molecule has 11 nitrogen and oxygen atoms in total. The Morgan fingerprint density at radius 2 is 2.03 bits per heavy atom. The second kappa shape index (κ2) is 10.6. The molecule has 1 fully saturated rings. The van der Waals surface area contributed by atoms with Crippen LogP contribution in [0.2, 0.25) is 0 Å². The predicted molar refractivity (Wildman–Crippen MR) is 144 cm³/mol. The van der Waals surface area contributed by atoms with Crippen molar-refractivity contribution < 1.29 is 22.7 Å². The average Bonchev–Trinajstić information content (AvgIpc) is 3.23. The van der Waals surface area contributed by atoms with Crippen LogP contribution in [0.5, 0.6) is 6.01 Å². The molecule has 3 N–H and O–H groups in total. The molecular formula is C25H28FN7O4S. The Hall–Kier alpha value is -3.68. The number of hydrogen-bond acceptors (Lipinski definition) is 8. The van der Waals surface area contributed by atoms with Gasteiger partial charge in [-0.25, -0.2) is 13.6 Å². The highest BCUT2D eigenvalue weighted by atomic mass is 32.2. The first-order valence-electron chi connectivity index (χ1n) is 12.1. The van der Waals surface area contributed by atoms with E-state index in [-0.39, 0.29) is 47.2 Å². The Labute approximate surface area is 220 Å². The van der Waals surface area contributed by atoms with E-state index >= 15 is 0 Å². The first-order valence-corrected chi connectivity index (χ1v) is 13.4. The number of halogens is 1. The number of anilines is 2. The van der Waals surface area contributed by atoms with E-state index in [1.807, 2.05) is 6.07 Å². The van der Waals surface area contributed by atoms with E-state index in [1.54, 1.807) is 31.6 Å². The lowest BCUT2D eigenvalue weighted by molar-refractivity contribution is 0.102. The van der Waals surface area contributed by atoms with Gasteiger partial charge in [-0.2, -0.15) is 10.1 Å². The van der Waals surface area contributed by atoms with Crippen LogP contribution in [0.4, 0.5) is 15.8 Å². The Balaban J connectivity index is 1.52. The lowest BCUT2D eigenvalue weighted by Crippen LogP contribution is -2.54. The van der Waals surface area contributed by atoms with Crippen molar-refractivity contribution in [1.29, 1.82) is 0 Å². The van der Waals surface area contributed by atoms with Crippen molar-refractivity contribution in [2.24, 2.45) is 7.05 Å². The van der Waals surface area contributed by atoms with Gasteiger partial charge in [0.05, 0.1) is 16.8 Å². The molecule has 38 heavy (non-hydrogen) atoms. The molecule has 1 aliphatic heterocycles. The number of aryl methyl sites for hydroxylation is 1. The van der Waals surface area contributed by atoms with Gasteiger partial charge in [0.25, 0.3) is 5.91 Å². The van der Waals surface area contributed by atoms with Gasteiger partial charge >= 0.3 is 6.01 Å². The lowest BCUT2D eigenvalue weighted by atomic mass is 10.0. The van der Waals surface area contributed by atoms with Gasteiger partial charge in [0, 0.05) is 66.8 Å². The average molecular weight is 542 g/mol. The van der Waals surface area contributed by atoms with Crippen molar-refractivity contribution in [3.8, 4) is 6.01 Å². The van der Waals surface area contributed by atoms with Gasteiger partial charge in [-0.05, 0) is 38.1 Å². The van der Waals surface area contributed by atoms with Crippen molar-refractivity contribution >= 4 is 50.2 Å². The fourth-order valence-corrected chi connectivity index (χ4v) is 5.05. The van der Waals surface area contributed by atoms with Gasteiger partial charge in [0.1, 0.15) is 12.1 Å². The minimum atomic E-state index is -2.02. The number of piperazine rings is 1. The maximum atomic E-state index is 14.6. The van der Waals surface area contributed by atoms with Crippen molar-refractivity contribution in [2.75, 3.05) is 35.7 Å². The van der Waals surface area contributed by atoms with Crippen LogP contribution in [0.3, 0.4) is 0 Å². The number of carbonyl (C=O) groups excluding carboxylic acids is 1. The van der Waals surface area contributed by atoms with Crippen LogP contribution in [-0.4, -0.2) is 72.0 Å². The fraction of sp³-hybridized carbons (Fsp3) is 0.360. The molecule has 0 radical (unpaired) electrons. The molecule has 3 atom stereocenters. The standard InChI is InChI=1S/C25H28FN7O4S/c1-14-11-33(12-15(2)28-14)21-5-4-18(23-19(21)10-27-25(30-23)37-6-7-38(35)36)24(34)29-17-8-16-13-32(3)31-22(16)20(26)9-17/h4-5,8-10,13-15,28H,6-7,11-12H2,1-3H3,(H,29,34)(H,35,36)/t14-,15+. The molecule has 0 aliphatic carbocycles. The summed E-state index contributed by atoms with van der Waals surface area (Å²) >= 11 is -2.02. The summed E-state index contributed by atoms with van der Waals surface area (Å²) in [4.78, 5) is 24.4. The monoisotopic (exact) mass is 541 g/mol. The highest BCUT2D eigenvalue weighted by Crippen LogP contribution is 2.31. The van der Waals surface area contributed by atoms with Gasteiger partial charge < -0.3 is 24.8 Å². The second-order valence-electron chi connectivity index (χ2n) is 9.45. The van der Waals surface area contributed by atoms with Crippen molar-refractivity contribution in [3.05, 3.63) is 48.0 Å². The Morgan fingerprint density at radius 3 is 2.76 bits per heavy atom. The first kappa shape index (κ1) is 25.9. The Morgan fingerprint density at radius 1 is 1.26 bits per heavy atom. The SMILES string of the molecule is C[C@@H]1CN(c2ccc(C(=O)Nc3cc(F)c4nn(C)cc4c3)c3nc(OCCS(=O)O)ncc23)C[C@H](C)N1. The van der Waals surface area contributed by atoms with Crippen LogP contribution in [-0.2, 0) is 18.1 Å². The smallest absolute Gasteiger partial charge is 0.316 e. The quantitative estimate of drug-likeness (QED) is 0.302. The van der Waals surface area contributed by atoms with Gasteiger partial charge in [0.15, 0.2) is 16.9 Å². The number of aromatic nitrogens is 4. The minimum Gasteiger partial charge on any atom is -0.462 e. The predicted octanol–water partition coefficient (Wildman–Crippen LogP) is 2.70. The zero-order chi connectivity index (χ0) is 27.0. The van der Waals surface area contributed by atoms with Gasteiger partial charge in [-0.1, -0.05) is 0 Å².